The monoisotopic (exact) mass is 383 g/mol. The van der Waals surface area contributed by atoms with Gasteiger partial charge in [-0.2, -0.15) is 0 Å². The molecule has 6 heteroatoms. The number of benzene rings is 1. The summed E-state index contributed by atoms with van der Waals surface area (Å²) in [6.07, 6.45) is 7.71. The van der Waals surface area contributed by atoms with Gasteiger partial charge < -0.3 is 19.9 Å². The van der Waals surface area contributed by atoms with Crippen LogP contribution in [0.1, 0.15) is 37.7 Å². The van der Waals surface area contributed by atoms with E-state index in [1.807, 2.05) is 29.3 Å². The number of morpholine rings is 1. The summed E-state index contributed by atoms with van der Waals surface area (Å²) in [6.45, 7) is 2.29. The largest absolute Gasteiger partial charge is 0.378 e. The fourth-order valence-corrected chi connectivity index (χ4v) is 4.38. The highest BCUT2D eigenvalue weighted by molar-refractivity contribution is 5.90. The number of para-hydroxylation sites is 1. The molecule has 4 rings (SSSR count). The number of nitrogens with one attached hydrogen (secondary N) is 2. The molecule has 0 spiro atoms. The molecule has 1 aliphatic carbocycles. The van der Waals surface area contributed by atoms with E-state index >= 15 is 0 Å². The van der Waals surface area contributed by atoms with Crippen molar-refractivity contribution in [2.24, 2.45) is 5.92 Å². The third kappa shape index (κ3) is 4.22. The topological polar surface area (TPSA) is 74.4 Å². The fraction of sp³-hybridized carbons (Fsp3) is 0.545. The minimum atomic E-state index is -0.535. The minimum absolute atomic E-state index is 0.00209. The summed E-state index contributed by atoms with van der Waals surface area (Å²) in [4.78, 5) is 31.2. The van der Waals surface area contributed by atoms with Gasteiger partial charge in [0.2, 0.25) is 11.8 Å². The second kappa shape index (κ2) is 8.78. The van der Waals surface area contributed by atoms with Gasteiger partial charge in [0, 0.05) is 42.5 Å². The summed E-state index contributed by atoms with van der Waals surface area (Å²) in [5, 5.41) is 4.21. The molecule has 1 aliphatic heterocycles. The summed E-state index contributed by atoms with van der Waals surface area (Å²) in [7, 11) is 0. The zero-order valence-electron chi connectivity index (χ0n) is 16.3. The first-order valence-corrected chi connectivity index (χ1v) is 10.4. The van der Waals surface area contributed by atoms with Gasteiger partial charge in [-0.25, -0.2) is 0 Å². The zero-order valence-corrected chi connectivity index (χ0v) is 16.3. The van der Waals surface area contributed by atoms with Crippen LogP contribution in [0.4, 0.5) is 0 Å². The number of carbonyl (C=O) groups excluding carboxylic acids is 2. The summed E-state index contributed by atoms with van der Waals surface area (Å²) in [5.41, 5.74) is 2.11. The Kier molecular flexibility index (Phi) is 5.95. The highest BCUT2D eigenvalue weighted by atomic mass is 16.5. The van der Waals surface area contributed by atoms with E-state index in [4.69, 9.17) is 4.74 Å². The Labute approximate surface area is 165 Å². The van der Waals surface area contributed by atoms with Gasteiger partial charge >= 0.3 is 0 Å². The molecule has 0 unspecified atom stereocenters. The van der Waals surface area contributed by atoms with Crippen molar-refractivity contribution in [2.75, 3.05) is 26.3 Å². The van der Waals surface area contributed by atoms with E-state index in [0.29, 0.717) is 32.7 Å². The molecule has 28 heavy (non-hydrogen) atoms. The van der Waals surface area contributed by atoms with Crippen LogP contribution in [-0.2, 0) is 20.7 Å². The molecule has 2 heterocycles. The van der Waals surface area contributed by atoms with Crippen LogP contribution in [0.5, 0.6) is 0 Å². The van der Waals surface area contributed by atoms with E-state index in [-0.39, 0.29) is 17.7 Å². The predicted octanol–water partition coefficient (Wildman–Crippen LogP) is 2.63. The van der Waals surface area contributed by atoms with Gasteiger partial charge in [-0.3, -0.25) is 9.59 Å². The van der Waals surface area contributed by atoms with E-state index in [1.165, 1.54) is 6.42 Å². The molecule has 6 nitrogen and oxygen atoms in total. The maximum atomic E-state index is 13.2. The molecule has 1 saturated carbocycles. The van der Waals surface area contributed by atoms with E-state index < -0.39 is 6.04 Å². The maximum absolute atomic E-state index is 13.2. The molecule has 2 aromatic rings. The fourth-order valence-electron chi connectivity index (χ4n) is 4.38. The first-order valence-electron chi connectivity index (χ1n) is 10.4. The van der Waals surface area contributed by atoms with Gasteiger partial charge in [0.25, 0.3) is 0 Å². The van der Waals surface area contributed by atoms with Crippen LogP contribution in [0.15, 0.2) is 30.5 Å². The second-order valence-electron chi connectivity index (χ2n) is 7.90. The van der Waals surface area contributed by atoms with E-state index in [1.54, 1.807) is 0 Å². The van der Waals surface area contributed by atoms with Crippen LogP contribution in [-0.4, -0.2) is 54.0 Å². The Morgan fingerprint density at radius 1 is 1.14 bits per heavy atom. The Morgan fingerprint density at radius 2 is 1.89 bits per heavy atom. The van der Waals surface area contributed by atoms with Gasteiger partial charge in [0.1, 0.15) is 6.04 Å². The summed E-state index contributed by atoms with van der Waals surface area (Å²) in [6, 6.07) is 7.54. The lowest BCUT2D eigenvalue weighted by molar-refractivity contribution is -0.140. The van der Waals surface area contributed by atoms with Crippen molar-refractivity contribution in [3.05, 3.63) is 36.0 Å². The number of aromatic nitrogens is 1. The molecule has 1 aromatic heterocycles. The number of hydrogen-bond acceptors (Lipinski definition) is 3. The molecular formula is C22H29N3O3. The number of nitrogens with zero attached hydrogens (tertiary/aromatic N) is 1. The van der Waals surface area contributed by atoms with E-state index in [0.717, 1.165) is 42.1 Å². The number of hydrogen-bond donors (Lipinski definition) is 2. The average Bonchev–Trinajstić information content (AvgIpc) is 3.17. The normalized spacial score (nSPS) is 19.5. The molecule has 2 fully saturated rings. The van der Waals surface area contributed by atoms with Crippen LogP contribution >= 0.6 is 0 Å². The van der Waals surface area contributed by atoms with Crippen molar-refractivity contribution in [2.45, 2.75) is 44.6 Å². The molecule has 2 N–H and O–H groups in total. The van der Waals surface area contributed by atoms with Crippen LogP contribution in [0.3, 0.4) is 0 Å². The van der Waals surface area contributed by atoms with Gasteiger partial charge in [-0.1, -0.05) is 37.5 Å². The Morgan fingerprint density at radius 3 is 2.68 bits per heavy atom. The van der Waals surface area contributed by atoms with Crippen LogP contribution in [0.2, 0.25) is 0 Å². The molecule has 1 saturated heterocycles. The summed E-state index contributed by atoms with van der Waals surface area (Å²) < 4.78 is 5.38. The minimum Gasteiger partial charge on any atom is -0.378 e. The molecule has 2 amide bonds. The summed E-state index contributed by atoms with van der Waals surface area (Å²) >= 11 is 0. The van der Waals surface area contributed by atoms with Gasteiger partial charge in [-0.05, 0) is 24.5 Å². The molecule has 0 radical (unpaired) electrons. The number of H-pyrrole nitrogens is 1. The number of rotatable bonds is 5. The number of ether oxygens (including phenoxy) is 1. The van der Waals surface area contributed by atoms with Crippen molar-refractivity contribution in [3.63, 3.8) is 0 Å². The lowest BCUT2D eigenvalue weighted by atomic mass is 9.88. The van der Waals surface area contributed by atoms with Crippen molar-refractivity contribution >= 4 is 22.7 Å². The average molecular weight is 383 g/mol. The Hall–Kier alpha value is -2.34. The Bertz CT molecular complexity index is 819. The van der Waals surface area contributed by atoms with Crippen molar-refractivity contribution in [1.82, 2.24) is 15.2 Å². The lowest BCUT2D eigenvalue weighted by Gasteiger charge is -2.32. The van der Waals surface area contributed by atoms with Gasteiger partial charge in [0.05, 0.1) is 13.2 Å². The molecule has 0 bridgehead atoms. The van der Waals surface area contributed by atoms with Gasteiger partial charge in [0.15, 0.2) is 0 Å². The number of carbonyl (C=O) groups is 2. The first kappa shape index (κ1) is 19.0. The smallest absolute Gasteiger partial charge is 0.245 e. The Balaban J connectivity index is 1.53. The van der Waals surface area contributed by atoms with Crippen molar-refractivity contribution in [1.29, 1.82) is 0 Å². The number of fused-ring (bicyclic) bond motifs is 1. The third-order valence-electron chi connectivity index (χ3n) is 6.01. The second-order valence-corrected chi connectivity index (χ2v) is 7.90. The predicted molar refractivity (Wildman–Crippen MR) is 108 cm³/mol. The third-order valence-corrected chi connectivity index (χ3v) is 6.01. The molecule has 1 atom stereocenters. The number of amides is 2. The van der Waals surface area contributed by atoms with Crippen molar-refractivity contribution < 1.29 is 14.3 Å². The SMILES string of the molecule is O=C(N[C@H](Cc1c[nH]c2ccccc12)C(=O)N1CCOCC1)C1CCCCC1. The molecule has 1 aromatic carbocycles. The lowest BCUT2D eigenvalue weighted by Crippen LogP contribution is -2.53. The van der Waals surface area contributed by atoms with Crippen LogP contribution in [0.25, 0.3) is 10.9 Å². The molecule has 2 aliphatic rings. The highest BCUT2D eigenvalue weighted by Gasteiger charge is 2.30. The van der Waals surface area contributed by atoms with Gasteiger partial charge in [-0.15, -0.1) is 0 Å². The zero-order chi connectivity index (χ0) is 19.3. The van der Waals surface area contributed by atoms with Crippen molar-refractivity contribution in [3.8, 4) is 0 Å². The molecular weight excluding hydrogens is 354 g/mol. The first-order chi connectivity index (χ1) is 13.7. The number of aromatic amines is 1. The maximum Gasteiger partial charge on any atom is 0.245 e. The quantitative estimate of drug-likeness (QED) is 0.834. The van der Waals surface area contributed by atoms with E-state index in [2.05, 4.69) is 16.4 Å². The van der Waals surface area contributed by atoms with E-state index in [9.17, 15) is 9.59 Å². The van der Waals surface area contributed by atoms with Crippen LogP contribution in [0, 0.1) is 5.92 Å². The summed E-state index contributed by atoms with van der Waals surface area (Å²) in [5.74, 6) is 0.0700. The standard InChI is InChI=1S/C22H29N3O3/c26-21(16-6-2-1-3-7-16)24-20(22(27)25-10-12-28-13-11-25)14-17-15-23-19-9-5-4-8-18(17)19/h4-5,8-9,15-16,20,23H,1-3,6-7,10-14H2,(H,24,26)/t20-/m1/s1. The molecule has 150 valence electrons. The highest BCUT2D eigenvalue weighted by Crippen LogP contribution is 2.25. The van der Waals surface area contributed by atoms with Crippen LogP contribution < -0.4 is 5.32 Å².